The highest BCUT2D eigenvalue weighted by molar-refractivity contribution is 7.09. The summed E-state index contributed by atoms with van der Waals surface area (Å²) in [5, 5.41) is 2.30. The van der Waals surface area contributed by atoms with Gasteiger partial charge in [0, 0.05) is 24.6 Å². The van der Waals surface area contributed by atoms with Crippen molar-refractivity contribution in [3.05, 3.63) is 45.9 Å². The molecule has 0 aliphatic heterocycles. The first-order valence-corrected chi connectivity index (χ1v) is 9.00. The molecule has 0 N–H and O–H groups in total. The molecule has 1 aromatic heterocycles. The lowest BCUT2D eigenvalue weighted by Crippen LogP contribution is -2.33. The van der Waals surface area contributed by atoms with E-state index in [9.17, 15) is 9.59 Å². The lowest BCUT2D eigenvalue weighted by atomic mass is 10.2. The molecule has 1 aromatic carbocycles. The molecule has 0 atom stereocenters. The molecule has 7 nitrogen and oxygen atoms in total. The lowest BCUT2D eigenvalue weighted by molar-refractivity contribution is 0.0520. The topological polar surface area (TPSA) is 78.0 Å². The number of esters is 1. The molecule has 26 heavy (non-hydrogen) atoms. The second-order valence-corrected chi connectivity index (χ2v) is 6.24. The Labute approximate surface area is 156 Å². The lowest BCUT2D eigenvalue weighted by Gasteiger charge is -2.21. The van der Waals surface area contributed by atoms with Crippen molar-refractivity contribution in [1.29, 1.82) is 0 Å². The fraction of sp³-hybridized carbons (Fsp3) is 0.389. The molecular weight excluding hydrogens is 356 g/mol. The fourth-order valence-corrected chi connectivity index (χ4v) is 2.99. The Hall–Kier alpha value is -2.45. The molecule has 0 radical (unpaired) electrons. The SMILES string of the molecule is CCOC(=O)c1csc(CN(CCOC)C(=O)c2ccc(OC)cc2)n1. The summed E-state index contributed by atoms with van der Waals surface area (Å²) in [6.07, 6.45) is 0. The Balaban J connectivity index is 2.13. The van der Waals surface area contributed by atoms with Crippen LogP contribution in [0, 0.1) is 0 Å². The summed E-state index contributed by atoms with van der Waals surface area (Å²) in [5.41, 5.74) is 0.805. The minimum atomic E-state index is -0.458. The van der Waals surface area contributed by atoms with Crippen LogP contribution in [0.4, 0.5) is 0 Å². The van der Waals surface area contributed by atoms with E-state index in [0.29, 0.717) is 36.1 Å². The quantitative estimate of drug-likeness (QED) is 0.624. The van der Waals surface area contributed by atoms with E-state index in [-0.39, 0.29) is 18.1 Å². The van der Waals surface area contributed by atoms with Gasteiger partial charge in [0.1, 0.15) is 10.8 Å². The van der Waals surface area contributed by atoms with Gasteiger partial charge in [-0.05, 0) is 31.2 Å². The van der Waals surface area contributed by atoms with Gasteiger partial charge in [0.05, 0.1) is 26.9 Å². The van der Waals surface area contributed by atoms with Gasteiger partial charge in [0.15, 0.2) is 5.69 Å². The second kappa shape index (κ2) is 9.88. The summed E-state index contributed by atoms with van der Waals surface area (Å²) >= 11 is 1.32. The van der Waals surface area contributed by atoms with Gasteiger partial charge in [-0.1, -0.05) is 0 Å². The predicted octanol–water partition coefficient (Wildman–Crippen LogP) is 2.62. The fourth-order valence-electron chi connectivity index (χ4n) is 2.22. The number of hydrogen-bond donors (Lipinski definition) is 0. The van der Waals surface area contributed by atoms with Gasteiger partial charge < -0.3 is 19.1 Å². The van der Waals surface area contributed by atoms with Crippen LogP contribution in [0.15, 0.2) is 29.6 Å². The molecule has 0 aliphatic carbocycles. The minimum absolute atomic E-state index is 0.141. The van der Waals surface area contributed by atoms with Gasteiger partial charge in [-0.25, -0.2) is 9.78 Å². The van der Waals surface area contributed by atoms with Crippen molar-refractivity contribution in [3.8, 4) is 5.75 Å². The third kappa shape index (κ3) is 5.27. The molecular formula is C18H22N2O5S. The summed E-state index contributed by atoms with van der Waals surface area (Å²) in [4.78, 5) is 30.5. The third-order valence-electron chi connectivity index (χ3n) is 3.55. The minimum Gasteiger partial charge on any atom is -0.497 e. The van der Waals surface area contributed by atoms with Crippen LogP contribution < -0.4 is 4.74 Å². The average Bonchev–Trinajstić information content (AvgIpc) is 3.13. The molecule has 1 heterocycles. The summed E-state index contributed by atoms with van der Waals surface area (Å²) in [5.74, 6) is 0.0847. The van der Waals surface area contributed by atoms with E-state index in [1.807, 2.05) is 0 Å². The van der Waals surface area contributed by atoms with Crippen LogP contribution >= 0.6 is 11.3 Å². The molecule has 2 aromatic rings. The van der Waals surface area contributed by atoms with E-state index in [1.165, 1.54) is 11.3 Å². The largest absolute Gasteiger partial charge is 0.497 e. The number of carbonyl (C=O) groups is 2. The van der Waals surface area contributed by atoms with Gasteiger partial charge in [-0.15, -0.1) is 11.3 Å². The first-order chi connectivity index (χ1) is 12.6. The number of carbonyl (C=O) groups excluding carboxylic acids is 2. The Kier molecular flexibility index (Phi) is 7.55. The number of nitrogens with zero attached hydrogens (tertiary/aromatic N) is 2. The van der Waals surface area contributed by atoms with Crippen LogP contribution in [-0.4, -0.2) is 55.7 Å². The monoisotopic (exact) mass is 378 g/mol. The molecule has 0 spiro atoms. The first-order valence-electron chi connectivity index (χ1n) is 8.12. The zero-order valence-corrected chi connectivity index (χ0v) is 15.9. The van der Waals surface area contributed by atoms with E-state index in [2.05, 4.69) is 4.98 Å². The third-order valence-corrected chi connectivity index (χ3v) is 4.39. The molecule has 2 rings (SSSR count). The second-order valence-electron chi connectivity index (χ2n) is 5.29. The smallest absolute Gasteiger partial charge is 0.357 e. The standard InChI is InChI=1S/C18H22N2O5S/c1-4-25-18(22)15-12-26-16(19-15)11-20(9-10-23-2)17(21)13-5-7-14(24-3)8-6-13/h5-8,12H,4,9-11H2,1-3H3. The van der Waals surface area contributed by atoms with Gasteiger partial charge in [0.2, 0.25) is 0 Å². The molecule has 0 saturated carbocycles. The molecule has 0 unspecified atom stereocenters. The highest BCUT2D eigenvalue weighted by atomic mass is 32.1. The number of aromatic nitrogens is 1. The first kappa shape index (κ1) is 19.9. The number of methoxy groups -OCH3 is 2. The predicted molar refractivity (Wildman–Crippen MR) is 97.7 cm³/mol. The highest BCUT2D eigenvalue weighted by Gasteiger charge is 2.19. The number of thiazole rings is 1. The number of hydrogen-bond acceptors (Lipinski definition) is 7. The maximum Gasteiger partial charge on any atom is 0.357 e. The Morgan fingerprint density at radius 3 is 2.54 bits per heavy atom. The molecule has 8 heteroatoms. The van der Waals surface area contributed by atoms with Crippen LogP contribution in [0.2, 0.25) is 0 Å². The van der Waals surface area contributed by atoms with Crippen molar-refractivity contribution >= 4 is 23.2 Å². The van der Waals surface area contributed by atoms with Gasteiger partial charge in [-0.3, -0.25) is 4.79 Å². The maximum atomic E-state index is 12.8. The van der Waals surface area contributed by atoms with E-state index >= 15 is 0 Å². The summed E-state index contributed by atoms with van der Waals surface area (Å²) < 4.78 is 15.2. The summed E-state index contributed by atoms with van der Waals surface area (Å²) in [6, 6.07) is 6.91. The zero-order chi connectivity index (χ0) is 18.9. The maximum absolute atomic E-state index is 12.8. The molecule has 0 fully saturated rings. The van der Waals surface area contributed by atoms with Crippen LogP contribution in [0.5, 0.6) is 5.75 Å². The van der Waals surface area contributed by atoms with Crippen molar-refractivity contribution < 1.29 is 23.8 Å². The molecule has 0 aliphatic rings. The molecule has 140 valence electrons. The number of rotatable bonds is 9. The van der Waals surface area contributed by atoms with E-state index in [1.54, 1.807) is 55.7 Å². The van der Waals surface area contributed by atoms with E-state index in [0.717, 1.165) is 0 Å². The van der Waals surface area contributed by atoms with Crippen molar-refractivity contribution in [3.63, 3.8) is 0 Å². The van der Waals surface area contributed by atoms with Gasteiger partial charge in [0.25, 0.3) is 5.91 Å². The van der Waals surface area contributed by atoms with Crippen molar-refractivity contribution in [2.24, 2.45) is 0 Å². The van der Waals surface area contributed by atoms with Crippen LogP contribution in [-0.2, 0) is 16.0 Å². The number of benzene rings is 1. The molecule has 0 bridgehead atoms. The van der Waals surface area contributed by atoms with Crippen molar-refractivity contribution in [1.82, 2.24) is 9.88 Å². The zero-order valence-electron chi connectivity index (χ0n) is 15.1. The van der Waals surface area contributed by atoms with Crippen LogP contribution in [0.25, 0.3) is 0 Å². The van der Waals surface area contributed by atoms with E-state index < -0.39 is 5.97 Å². The van der Waals surface area contributed by atoms with Crippen LogP contribution in [0.1, 0.15) is 32.8 Å². The molecule has 1 amide bonds. The van der Waals surface area contributed by atoms with Crippen LogP contribution in [0.3, 0.4) is 0 Å². The summed E-state index contributed by atoms with van der Waals surface area (Å²) in [7, 11) is 3.16. The Morgan fingerprint density at radius 1 is 1.19 bits per heavy atom. The number of amides is 1. The highest BCUT2D eigenvalue weighted by Crippen LogP contribution is 2.17. The van der Waals surface area contributed by atoms with Gasteiger partial charge >= 0.3 is 5.97 Å². The normalized spacial score (nSPS) is 10.4. The summed E-state index contributed by atoms with van der Waals surface area (Å²) in [6.45, 7) is 3.14. The Morgan fingerprint density at radius 2 is 1.92 bits per heavy atom. The van der Waals surface area contributed by atoms with E-state index in [4.69, 9.17) is 14.2 Å². The Bertz CT molecular complexity index is 729. The van der Waals surface area contributed by atoms with Gasteiger partial charge in [-0.2, -0.15) is 0 Å². The van der Waals surface area contributed by atoms with Crippen molar-refractivity contribution in [2.45, 2.75) is 13.5 Å². The number of ether oxygens (including phenoxy) is 3. The average molecular weight is 378 g/mol. The molecule has 0 saturated heterocycles. The van der Waals surface area contributed by atoms with Crippen molar-refractivity contribution in [2.75, 3.05) is 34.0 Å².